The van der Waals surface area contributed by atoms with Crippen molar-refractivity contribution in [1.82, 2.24) is 14.7 Å². The molecule has 1 spiro atoms. The van der Waals surface area contributed by atoms with Crippen molar-refractivity contribution in [3.05, 3.63) is 71.5 Å². The second kappa shape index (κ2) is 10.2. The van der Waals surface area contributed by atoms with E-state index in [1.165, 1.54) is 30.5 Å². The van der Waals surface area contributed by atoms with E-state index < -0.39 is 0 Å². The molecule has 4 fully saturated rings. The largest absolute Gasteiger partial charge is 0.342 e. The van der Waals surface area contributed by atoms with Crippen molar-refractivity contribution >= 4 is 11.8 Å². The highest BCUT2D eigenvalue weighted by Gasteiger charge is 2.48. The lowest BCUT2D eigenvalue weighted by molar-refractivity contribution is -0.139. The summed E-state index contributed by atoms with van der Waals surface area (Å²) in [6.07, 6.45) is 5.86. The number of amides is 2. The van der Waals surface area contributed by atoms with Gasteiger partial charge in [-0.15, -0.1) is 0 Å². The van der Waals surface area contributed by atoms with Gasteiger partial charge in [-0.3, -0.25) is 9.59 Å². The molecule has 0 N–H and O–H groups in total. The zero-order valence-corrected chi connectivity index (χ0v) is 21.7. The maximum Gasteiger partial charge on any atom is 0.229 e. The molecule has 2 amide bonds. The van der Waals surface area contributed by atoms with E-state index in [2.05, 4.69) is 40.1 Å². The third kappa shape index (κ3) is 5.31. The van der Waals surface area contributed by atoms with Gasteiger partial charge in [-0.1, -0.05) is 42.5 Å². The van der Waals surface area contributed by atoms with Gasteiger partial charge in [0.2, 0.25) is 11.8 Å². The molecule has 0 radical (unpaired) electrons. The smallest absolute Gasteiger partial charge is 0.229 e. The molecule has 3 heterocycles. The van der Waals surface area contributed by atoms with Crippen LogP contribution in [0.25, 0.3) is 0 Å². The Bertz CT molecular complexity index is 1110. The van der Waals surface area contributed by atoms with E-state index in [-0.39, 0.29) is 17.1 Å². The van der Waals surface area contributed by atoms with Crippen LogP contribution in [-0.2, 0) is 16.1 Å². The fourth-order valence-electron chi connectivity index (χ4n) is 6.85. The molecule has 3 aliphatic heterocycles. The maximum absolute atomic E-state index is 13.4. The molecule has 3 saturated heterocycles. The molecule has 2 aromatic rings. The average molecular weight is 504 g/mol. The fraction of sp³-hybridized carbons (Fsp3) is 0.548. The van der Waals surface area contributed by atoms with Crippen LogP contribution in [0.5, 0.6) is 0 Å². The maximum atomic E-state index is 13.4. The Balaban J connectivity index is 1.07. The van der Waals surface area contributed by atoms with Crippen LogP contribution in [0.4, 0.5) is 4.39 Å². The van der Waals surface area contributed by atoms with Crippen molar-refractivity contribution in [2.45, 2.75) is 51.0 Å². The lowest BCUT2D eigenvalue weighted by Gasteiger charge is -2.39. The Morgan fingerprint density at radius 3 is 2.32 bits per heavy atom. The molecule has 0 unspecified atom stereocenters. The topological polar surface area (TPSA) is 43.9 Å². The molecule has 37 heavy (non-hydrogen) atoms. The van der Waals surface area contributed by atoms with Crippen LogP contribution in [0, 0.1) is 23.1 Å². The fourth-order valence-corrected chi connectivity index (χ4v) is 6.85. The zero-order valence-electron chi connectivity index (χ0n) is 21.7. The number of halogens is 1. The Morgan fingerprint density at radius 1 is 0.919 bits per heavy atom. The summed E-state index contributed by atoms with van der Waals surface area (Å²) in [5.74, 6) is 1.78. The number of hydrogen-bond acceptors (Lipinski definition) is 3. The third-order valence-corrected chi connectivity index (χ3v) is 9.38. The van der Waals surface area contributed by atoms with E-state index in [0.29, 0.717) is 30.2 Å². The van der Waals surface area contributed by atoms with Crippen molar-refractivity contribution in [2.24, 2.45) is 17.3 Å². The molecule has 6 heteroatoms. The van der Waals surface area contributed by atoms with E-state index in [9.17, 15) is 14.0 Å². The van der Waals surface area contributed by atoms with Crippen LogP contribution in [0.15, 0.2) is 54.6 Å². The molecule has 0 bridgehead atoms. The van der Waals surface area contributed by atoms with Gasteiger partial charge in [-0.2, -0.15) is 0 Å². The minimum Gasteiger partial charge on any atom is -0.342 e. The summed E-state index contributed by atoms with van der Waals surface area (Å²) in [6, 6.07) is 17.2. The van der Waals surface area contributed by atoms with E-state index in [0.717, 1.165) is 70.5 Å². The van der Waals surface area contributed by atoms with Gasteiger partial charge < -0.3 is 14.7 Å². The molecular weight excluding hydrogens is 465 g/mol. The predicted octanol–water partition coefficient (Wildman–Crippen LogP) is 4.68. The molecule has 5 nitrogen and oxygen atoms in total. The standard InChI is InChI=1S/C31H38FN3O2/c32-27-10-8-24(9-11-27)19-34-17-14-31(30(34)37)12-15-33(16-13-31)20-26-21-35(29(36)18-23-6-7-23)22-28(26)25-4-2-1-3-5-25/h1-5,8-11,23,26,28H,6-7,12-22H2/t26-,28+/m0/s1. The highest BCUT2D eigenvalue weighted by atomic mass is 19.1. The Kier molecular flexibility index (Phi) is 6.78. The van der Waals surface area contributed by atoms with Gasteiger partial charge in [0.05, 0.1) is 5.41 Å². The van der Waals surface area contributed by atoms with Crippen LogP contribution in [0.2, 0.25) is 0 Å². The van der Waals surface area contributed by atoms with Gasteiger partial charge in [-0.25, -0.2) is 4.39 Å². The van der Waals surface area contributed by atoms with Crippen LogP contribution in [0.1, 0.15) is 55.6 Å². The minimum absolute atomic E-state index is 0.239. The summed E-state index contributed by atoms with van der Waals surface area (Å²) >= 11 is 0. The normalized spacial score (nSPS) is 25.8. The van der Waals surface area contributed by atoms with E-state index in [4.69, 9.17) is 0 Å². The van der Waals surface area contributed by atoms with E-state index in [1.807, 2.05) is 4.90 Å². The highest BCUT2D eigenvalue weighted by Crippen LogP contribution is 2.43. The summed E-state index contributed by atoms with van der Waals surface area (Å²) in [5.41, 5.74) is 2.08. The van der Waals surface area contributed by atoms with Crippen molar-refractivity contribution in [3.8, 4) is 0 Å². The van der Waals surface area contributed by atoms with E-state index >= 15 is 0 Å². The van der Waals surface area contributed by atoms with Gasteiger partial charge >= 0.3 is 0 Å². The number of hydrogen-bond donors (Lipinski definition) is 0. The molecule has 0 aromatic heterocycles. The summed E-state index contributed by atoms with van der Waals surface area (Å²) in [6.45, 7) is 5.87. The number of piperidine rings is 1. The summed E-state index contributed by atoms with van der Waals surface area (Å²) in [5, 5.41) is 0. The van der Waals surface area contributed by atoms with Crippen LogP contribution >= 0.6 is 0 Å². The van der Waals surface area contributed by atoms with Gasteiger partial charge in [0.15, 0.2) is 0 Å². The zero-order chi connectivity index (χ0) is 25.4. The average Bonchev–Trinajstić information content (AvgIpc) is 3.56. The number of carbonyl (C=O) groups excluding carboxylic acids is 2. The molecular formula is C31H38FN3O2. The van der Waals surface area contributed by atoms with E-state index in [1.54, 1.807) is 12.1 Å². The van der Waals surface area contributed by atoms with Gasteiger partial charge in [0.25, 0.3) is 0 Å². The quantitative estimate of drug-likeness (QED) is 0.551. The third-order valence-electron chi connectivity index (χ3n) is 9.38. The summed E-state index contributed by atoms with van der Waals surface area (Å²) in [7, 11) is 0. The van der Waals surface area contributed by atoms with Crippen molar-refractivity contribution in [3.63, 3.8) is 0 Å². The van der Waals surface area contributed by atoms with Gasteiger partial charge in [-0.05, 0) is 80.3 Å². The molecule has 4 aliphatic rings. The number of carbonyl (C=O) groups is 2. The first kappa shape index (κ1) is 24.6. The van der Waals surface area contributed by atoms with Crippen molar-refractivity contribution in [1.29, 1.82) is 0 Å². The lowest BCUT2D eigenvalue weighted by atomic mass is 9.76. The number of nitrogens with zero attached hydrogens (tertiary/aromatic N) is 3. The van der Waals surface area contributed by atoms with Crippen molar-refractivity contribution < 1.29 is 14.0 Å². The van der Waals surface area contributed by atoms with Crippen molar-refractivity contribution in [2.75, 3.05) is 39.3 Å². The Morgan fingerprint density at radius 2 is 1.62 bits per heavy atom. The Labute approximate surface area is 219 Å². The molecule has 2 aromatic carbocycles. The summed E-state index contributed by atoms with van der Waals surface area (Å²) < 4.78 is 13.3. The Hall–Kier alpha value is -2.73. The van der Waals surface area contributed by atoms with Crippen LogP contribution in [0.3, 0.4) is 0 Å². The first-order valence-electron chi connectivity index (χ1n) is 14.1. The monoisotopic (exact) mass is 503 g/mol. The molecule has 6 rings (SSSR count). The first-order chi connectivity index (χ1) is 18.0. The van der Waals surface area contributed by atoms with Gasteiger partial charge in [0, 0.05) is 45.1 Å². The van der Waals surface area contributed by atoms with Crippen LogP contribution < -0.4 is 0 Å². The van der Waals surface area contributed by atoms with Gasteiger partial charge in [0.1, 0.15) is 5.82 Å². The molecule has 2 atom stereocenters. The molecule has 1 aliphatic carbocycles. The lowest BCUT2D eigenvalue weighted by Crippen LogP contribution is -2.46. The minimum atomic E-state index is -0.243. The summed E-state index contributed by atoms with van der Waals surface area (Å²) in [4.78, 5) is 33.0. The number of rotatable bonds is 7. The second-order valence-corrected chi connectivity index (χ2v) is 11.9. The highest BCUT2D eigenvalue weighted by molar-refractivity contribution is 5.85. The molecule has 196 valence electrons. The van der Waals surface area contributed by atoms with Crippen LogP contribution in [-0.4, -0.2) is 65.8 Å². The SMILES string of the molecule is O=C(CC1CC1)N1C[C@H](CN2CCC3(CC2)CCN(Cc2ccc(F)cc2)C3=O)[C@@H](c2ccccc2)C1. The second-order valence-electron chi connectivity index (χ2n) is 11.9. The predicted molar refractivity (Wildman–Crippen MR) is 141 cm³/mol. The number of benzene rings is 2. The number of likely N-dealkylation sites (tertiary alicyclic amines) is 3. The molecule has 1 saturated carbocycles. The first-order valence-corrected chi connectivity index (χ1v) is 14.1.